The average molecular weight is 316 g/mol. The molecule has 2 N–H and O–H groups in total. The highest BCUT2D eigenvalue weighted by molar-refractivity contribution is 7.13. The lowest BCUT2D eigenvalue weighted by atomic mass is 10.0. The van der Waals surface area contributed by atoms with Crippen LogP contribution in [-0.4, -0.2) is 22.0 Å². The molecule has 1 aromatic carbocycles. The van der Waals surface area contributed by atoms with E-state index in [9.17, 15) is 9.59 Å². The first-order valence-electron chi connectivity index (χ1n) is 7.17. The molecule has 1 aromatic heterocycles. The lowest BCUT2D eigenvalue weighted by Gasteiger charge is -2.11. The summed E-state index contributed by atoms with van der Waals surface area (Å²) in [6.07, 6.45) is 3.38. The predicted molar refractivity (Wildman–Crippen MR) is 84.6 cm³/mol. The highest BCUT2D eigenvalue weighted by atomic mass is 32.1. The minimum absolute atomic E-state index is 0.0972. The van der Waals surface area contributed by atoms with Crippen LogP contribution in [-0.2, 0) is 9.59 Å². The van der Waals surface area contributed by atoms with Crippen LogP contribution in [0.15, 0.2) is 35.8 Å². The minimum Gasteiger partial charge on any atom is -0.481 e. The van der Waals surface area contributed by atoms with E-state index >= 15 is 0 Å². The average Bonchev–Trinajstić information content (AvgIpc) is 3.19. The first-order chi connectivity index (χ1) is 10.6. The van der Waals surface area contributed by atoms with Gasteiger partial charge < -0.3 is 10.4 Å². The van der Waals surface area contributed by atoms with Crippen LogP contribution in [0.3, 0.4) is 0 Å². The van der Waals surface area contributed by atoms with Crippen molar-refractivity contribution in [1.29, 1.82) is 0 Å². The lowest BCUT2D eigenvalue weighted by molar-refractivity contribution is -0.141. The fourth-order valence-electron chi connectivity index (χ4n) is 2.78. The molecule has 1 heterocycles. The maximum atomic E-state index is 12.3. The lowest BCUT2D eigenvalue weighted by Crippen LogP contribution is -2.21. The van der Waals surface area contributed by atoms with E-state index in [1.54, 1.807) is 17.5 Å². The zero-order chi connectivity index (χ0) is 15.5. The molecule has 1 saturated carbocycles. The van der Waals surface area contributed by atoms with Gasteiger partial charge in [-0.2, -0.15) is 0 Å². The number of nitrogens with zero attached hydrogens (tertiary/aromatic N) is 1. The number of carboxylic acids is 1. The number of carboxylic acid groups (broad SMARTS) is 1. The Morgan fingerprint density at radius 1 is 1.27 bits per heavy atom. The van der Waals surface area contributed by atoms with Crippen LogP contribution in [0.4, 0.5) is 5.69 Å². The van der Waals surface area contributed by atoms with Crippen LogP contribution in [0, 0.1) is 11.8 Å². The van der Waals surface area contributed by atoms with Crippen molar-refractivity contribution in [2.24, 2.45) is 11.8 Å². The third kappa shape index (κ3) is 3.17. The first-order valence-corrected chi connectivity index (χ1v) is 8.05. The van der Waals surface area contributed by atoms with Gasteiger partial charge in [0, 0.05) is 28.7 Å². The molecular formula is C16H16N2O3S. The maximum Gasteiger partial charge on any atom is 0.306 e. The van der Waals surface area contributed by atoms with Crippen LogP contribution >= 0.6 is 11.3 Å². The van der Waals surface area contributed by atoms with Gasteiger partial charge in [0.25, 0.3) is 0 Å². The standard InChI is InChI=1S/C16H16N2O3S/c19-14(10-4-5-12(8-10)16(20)21)18-13-3-1-2-11(9-13)15-17-6-7-22-15/h1-3,6-7,9-10,12H,4-5,8H2,(H,18,19)(H,20,21)/t10-,12+/m0/s1. The Balaban J connectivity index is 1.67. The summed E-state index contributed by atoms with van der Waals surface area (Å²) in [6.45, 7) is 0. The highest BCUT2D eigenvalue weighted by Gasteiger charge is 2.33. The smallest absolute Gasteiger partial charge is 0.306 e. The summed E-state index contributed by atoms with van der Waals surface area (Å²) >= 11 is 1.54. The van der Waals surface area contributed by atoms with Gasteiger partial charge in [-0.15, -0.1) is 11.3 Å². The topological polar surface area (TPSA) is 79.3 Å². The van der Waals surface area contributed by atoms with Crippen LogP contribution in [0.2, 0.25) is 0 Å². The number of carbonyl (C=O) groups is 2. The number of anilines is 1. The Morgan fingerprint density at radius 2 is 2.09 bits per heavy atom. The fourth-order valence-corrected chi connectivity index (χ4v) is 3.42. The molecule has 0 spiro atoms. The van der Waals surface area contributed by atoms with Gasteiger partial charge in [-0.1, -0.05) is 12.1 Å². The summed E-state index contributed by atoms with van der Waals surface area (Å²) in [6, 6.07) is 7.55. The second kappa shape index (κ2) is 6.27. The Kier molecular flexibility index (Phi) is 4.20. The zero-order valence-corrected chi connectivity index (χ0v) is 12.7. The van der Waals surface area contributed by atoms with E-state index in [1.165, 1.54) is 0 Å². The van der Waals surface area contributed by atoms with Gasteiger partial charge >= 0.3 is 5.97 Å². The molecule has 22 heavy (non-hydrogen) atoms. The van der Waals surface area contributed by atoms with Crippen LogP contribution in [0.5, 0.6) is 0 Å². The molecule has 0 radical (unpaired) electrons. The van der Waals surface area contributed by atoms with Crippen molar-refractivity contribution in [2.75, 3.05) is 5.32 Å². The van der Waals surface area contributed by atoms with Crippen LogP contribution in [0.1, 0.15) is 19.3 Å². The number of hydrogen-bond acceptors (Lipinski definition) is 4. The van der Waals surface area contributed by atoms with Crippen molar-refractivity contribution >= 4 is 28.9 Å². The fraction of sp³-hybridized carbons (Fsp3) is 0.312. The van der Waals surface area contributed by atoms with Gasteiger partial charge in [0.1, 0.15) is 5.01 Å². The predicted octanol–water partition coefficient (Wildman–Crippen LogP) is 3.25. The number of amides is 1. The normalized spacial score (nSPS) is 20.7. The molecule has 0 aliphatic heterocycles. The van der Waals surface area contributed by atoms with Gasteiger partial charge in [0.2, 0.25) is 5.91 Å². The van der Waals surface area contributed by atoms with Gasteiger partial charge in [-0.3, -0.25) is 9.59 Å². The van der Waals surface area contributed by atoms with Gasteiger partial charge in [-0.25, -0.2) is 4.98 Å². The van der Waals surface area contributed by atoms with E-state index in [-0.39, 0.29) is 11.8 Å². The summed E-state index contributed by atoms with van der Waals surface area (Å²) in [4.78, 5) is 27.5. The van der Waals surface area contributed by atoms with Gasteiger partial charge in [-0.05, 0) is 31.4 Å². The van der Waals surface area contributed by atoms with Crippen LogP contribution < -0.4 is 5.32 Å². The third-order valence-electron chi connectivity index (χ3n) is 3.96. The van der Waals surface area contributed by atoms with Gasteiger partial charge in [0.05, 0.1) is 5.92 Å². The Bertz CT molecular complexity index is 684. The zero-order valence-electron chi connectivity index (χ0n) is 11.9. The molecule has 2 aromatic rings. The van der Waals surface area contributed by atoms with Crippen molar-refractivity contribution in [2.45, 2.75) is 19.3 Å². The molecule has 1 aliphatic rings. The molecule has 3 rings (SSSR count). The van der Waals surface area contributed by atoms with E-state index in [0.29, 0.717) is 19.3 Å². The van der Waals surface area contributed by atoms with E-state index in [1.807, 2.05) is 29.6 Å². The highest BCUT2D eigenvalue weighted by Crippen LogP contribution is 2.32. The second-order valence-corrected chi connectivity index (χ2v) is 6.35. The number of benzene rings is 1. The molecule has 5 nitrogen and oxygen atoms in total. The van der Waals surface area contributed by atoms with Crippen molar-refractivity contribution in [1.82, 2.24) is 4.98 Å². The molecule has 6 heteroatoms. The number of aliphatic carboxylic acids is 1. The number of carbonyl (C=O) groups excluding carboxylic acids is 1. The Hall–Kier alpha value is -2.21. The molecule has 0 saturated heterocycles. The number of hydrogen-bond donors (Lipinski definition) is 2. The van der Waals surface area contributed by atoms with Gasteiger partial charge in [0.15, 0.2) is 0 Å². The molecular weight excluding hydrogens is 300 g/mol. The number of aromatic nitrogens is 1. The quantitative estimate of drug-likeness (QED) is 0.907. The number of thiazole rings is 1. The summed E-state index contributed by atoms with van der Waals surface area (Å²) in [5.41, 5.74) is 1.68. The molecule has 0 unspecified atom stereocenters. The summed E-state index contributed by atoms with van der Waals surface area (Å²) in [5.74, 6) is -1.51. The Labute approximate surface area is 132 Å². The molecule has 1 fully saturated rings. The summed E-state index contributed by atoms with van der Waals surface area (Å²) < 4.78 is 0. The molecule has 1 amide bonds. The maximum absolute atomic E-state index is 12.3. The number of nitrogens with one attached hydrogen (secondary N) is 1. The molecule has 1 aliphatic carbocycles. The third-order valence-corrected chi connectivity index (χ3v) is 4.78. The largest absolute Gasteiger partial charge is 0.481 e. The van der Waals surface area contributed by atoms with E-state index in [0.717, 1.165) is 16.3 Å². The van der Waals surface area contributed by atoms with Crippen molar-refractivity contribution in [3.05, 3.63) is 35.8 Å². The summed E-state index contributed by atoms with van der Waals surface area (Å²) in [7, 11) is 0. The molecule has 2 atom stereocenters. The number of rotatable bonds is 4. The van der Waals surface area contributed by atoms with Crippen molar-refractivity contribution in [3.8, 4) is 10.6 Å². The minimum atomic E-state index is -0.805. The SMILES string of the molecule is O=C(O)[C@@H]1CC[C@H](C(=O)Nc2cccc(-c3nccs3)c2)C1. The van der Waals surface area contributed by atoms with Crippen molar-refractivity contribution < 1.29 is 14.7 Å². The Morgan fingerprint density at radius 3 is 2.77 bits per heavy atom. The van der Waals surface area contributed by atoms with E-state index in [4.69, 9.17) is 5.11 Å². The summed E-state index contributed by atoms with van der Waals surface area (Å²) in [5, 5.41) is 14.7. The molecule has 0 bridgehead atoms. The second-order valence-electron chi connectivity index (χ2n) is 5.45. The van der Waals surface area contributed by atoms with E-state index in [2.05, 4.69) is 10.3 Å². The van der Waals surface area contributed by atoms with Crippen LogP contribution in [0.25, 0.3) is 10.6 Å². The molecule has 114 valence electrons. The monoisotopic (exact) mass is 316 g/mol. The van der Waals surface area contributed by atoms with E-state index < -0.39 is 11.9 Å². The van der Waals surface area contributed by atoms with Crippen molar-refractivity contribution in [3.63, 3.8) is 0 Å². The first kappa shape index (κ1) is 14.7.